The van der Waals surface area contributed by atoms with Crippen LogP contribution in [0.15, 0.2) is 0 Å². The third-order valence-electron chi connectivity index (χ3n) is 1.26. The van der Waals surface area contributed by atoms with E-state index in [1.807, 2.05) is 0 Å². The van der Waals surface area contributed by atoms with E-state index in [1.165, 1.54) is 13.8 Å². The molecule has 78 valence electrons. The predicted molar refractivity (Wildman–Crippen MR) is 46.6 cm³/mol. The van der Waals surface area contributed by atoms with Gasteiger partial charge in [0.1, 0.15) is 0 Å². The summed E-state index contributed by atoms with van der Waals surface area (Å²) in [7, 11) is -3.58. The molecule has 0 aromatic carbocycles. The number of carbonyl (C=O) groups excluding carboxylic acids is 1. The highest BCUT2D eigenvalue weighted by Gasteiger charge is 2.21. The van der Waals surface area contributed by atoms with Crippen molar-refractivity contribution in [2.45, 2.75) is 26.9 Å². The first-order chi connectivity index (χ1) is 5.93. The van der Waals surface area contributed by atoms with Gasteiger partial charge in [0.05, 0.1) is 12.4 Å². The van der Waals surface area contributed by atoms with E-state index >= 15 is 0 Å². The van der Waals surface area contributed by atoms with Crippen LogP contribution in [0.1, 0.15) is 20.8 Å². The first-order valence-corrected chi connectivity index (χ1v) is 5.58. The lowest BCUT2D eigenvalue weighted by Gasteiger charge is -2.10. The van der Waals surface area contributed by atoms with Crippen LogP contribution in [0.4, 0.5) is 0 Å². The van der Waals surface area contributed by atoms with Crippen LogP contribution in [-0.2, 0) is 23.8 Å². The topological polar surface area (TPSA) is 69.7 Å². The molecule has 0 aliphatic heterocycles. The Bertz CT molecular complexity index is 256. The Balaban J connectivity index is 4.15. The van der Waals surface area contributed by atoms with Crippen LogP contribution in [0.2, 0.25) is 0 Å². The Labute approximate surface area is 78.2 Å². The van der Waals surface area contributed by atoms with E-state index < -0.39 is 22.2 Å². The Kier molecular flexibility index (Phi) is 4.94. The molecule has 0 aliphatic rings. The average molecular weight is 210 g/mol. The lowest BCUT2D eigenvalue weighted by molar-refractivity contribution is -0.150. The first-order valence-electron chi connectivity index (χ1n) is 4.00. The van der Waals surface area contributed by atoms with E-state index in [2.05, 4.69) is 8.92 Å². The number of hydrogen-bond acceptors (Lipinski definition) is 5. The zero-order valence-electron chi connectivity index (χ0n) is 7.94. The van der Waals surface area contributed by atoms with E-state index in [9.17, 15) is 13.2 Å². The second-order valence-corrected chi connectivity index (χ2v) is 4.22. The summed E-state index contributed by atoms with van der Waals surface area (Å²) in [6.07, 6.45) is -1.06. The molecule has 0 heterocycles. The molecule has 0 aromatic heterocycles. The van der Waals surface area contributed by atoms with Crippen LogP contribution in [0.25, 0.3) is 0 Å². The van der Waals surface area contributed by atoms with E-state index in [4.69, 9.17) is 0 Å². The van der Waals surface area contributed by atoms with Crippen molar-refractivity contribution >= 4 is 16.1 Å². The summed E-state index contributed by atoms with van der Waals surface area (Å²) in [5.74, 6) is -0.823. The fourth-order valence-electron chi connectivity index (χ4n) is 0.587. The van der Waals surface area contributed by atoms with Gasteiger partial charge in [0.25, 0.3) is 10.1 Å². The molecule has 0 aliphatic carbocycles. The molecule has 0 saturated carbocycles. The van der Waals surface area contributed by atoms with E-state index in [1.54, 1.807) is 6.92 Å². The zero-order chi connectivity index (χ0) is 10.5. The molecule has 13 heavy (non-hydrogen) atoms. The van der Waals surface area contributed by atoms with E-state index in [-0.39, 0.29) is 12.4 Å². The minimum absolute atomic E-state index is 0.156. The van der Waals surface area contributed by atoms with Crippen molar-refractivity contribution in [2.75, 3.05) is 12.4 Å². The number of esters is 1. The summed E-state index contributed by atoms with van der Waals surface area (Å²) in [4.78, 5) is 10.9. The molecule has 1 atom stereocenters. The second-order valence-electron chi connectivity index (χ2n) is 2.34. The van der Waals surface area contributed by atoms with Gasteiger partial charge in [-0.3, -0.25) is 4.18 Å². The molecule has 0 aromatic rings. The van der Waals surface area contributed by atoms with Crippen molar-refractivity contribution in [2.24, 2.45) is 0 Å². The van der Waals surface area contributed by atoms with E-state index in [0.717, 1.165) is 0 Å². The predicted octanol–water partition coefficient (Wildman–Crippen LogP) is 0.304. The molecule has 0 fully saturated rings. The van der Waals surface area contributed by atoms with Crippen molar-refractivity contribution < 1.29 is 22.1 Å². The summed E-state index contributed by atoms with van der Waals surface area (Å²) in [6, 6.07) is 0. The lowest BCUT2D eigenvalue weighted by atomic mass is 10.4. The first kappa shape index (κ1) is 12.4. The third-order valence-corrected chi connectivity index (χ3v) is 2.55. The number of carbonyl (C=O) groups is 1. The monoisotopic (exact) mass is 210 g/mol. The molecule has 0 unspecified atom stereocenters. The molecular weight excluding hydrogens is 196 g/mol. The van der Waals surface area contributed by atoms with Crippen LogP contribution in [0.5, 0.6) is 0 Å². The number of ether oxygens (including phenoxy) is 1. The molecule has 0 N–H and O–H groups in total. The Morgan fingerprint density at radius 1 is 1.38 bits per heavy atom. The molecule has 0 radical (unpaired) electrons. The lowest BCUT2D eigenvalue weighted by Crippen LogP contribution is -2.27. The van der Waals surface area contributed by atoms with Gasteiger partial charge in [-0.15, -0.1) is 0 Å². The minimum Gasteiger partial charge on any atom is -0.464 e. The third kappa shape index (κ3) is 4.84. The van der Waals surface area contributed by atoms with E-state index in [0.29, 0.717) is 0 Å². The quantitative estimate of drug-likeness (QED) is 0.482. The highest BCUT2D eigenvalue weighted by molar-refractivity contribution is 7.86. The van der Waals surface area contributed by atoms with Gasteiger partial charge in [-0.1, -0.05) is 0 Å². The Morgan fingerprint density at radius 2 is 1.92 bits per heavy atom. The minimum atomic E-state index is -3.58. The molecule has 0 spiro atoms. The smallest absolute Gasteiger partial charge is 0.336 e. The molecule has 6 heteroatoms. The van der Waals surface area contributed by atoms with Gasteiger partial charge in [-0.2, -0.15) is 8.42 Å². The summed E-state index contributed by atoms with van der Waals surface area (Å²) in [5.41, 5.74) is 0. The summed E-state index contributed by atoms with van der Waals surface area (Å²) >= 11 is 0. The molecule has 0 amide bonds. The zero-order valence-corrected chi connectivity index (χ0v) is 8.76. The number of hydrogen-bond donors (Lipinski definition) is 0. The Hall–Kier alpha value is -0.620. The fourth-order valence-corrected chi connectivity index (χ4v) is 1.24. The van der Waals surface area contributed by atoms with Crippen LogP contribution >= 0.6 is 0 Å². The van der Waals surface area contributed by atoms with Gasteiger partial charge in [-0.25, -0.2) is 4.79 Å². The normalized spacial score (nSPS) is 13.8. The van der Waals surface area contributed by atoms with Gasteiger partial charge in [0.15, 0.2) is 6.10 Å². The maximum absolute atomic E-state index is 10.9. The van der Waals surface area contributed by atoms with Crippen LogP contribution in [-0.4, -0.2) is 32.9 Å². The molecular formula is C7H14O5S. The molecule has 0 bridgehead atoms. The van der Waals surface area contributed by atoms with Crippen LogP contribution < -0.4 is 0 Å². The van der Waals surface area contributed by atoms with Crippen molar-refractivity contribution in [3.05, 3.63) is 0 Å². The second kappa shape index (κ2) is 5.18. The van der Waals surface area contributed by atoms with Gasteiger partial charge in [0, 0.05) is 0 Å². The fraction of sp³-hybridized carbons (Fsp3) is 0.857. The van der Waals surface area contributed by atoms with Crippen molar-refractivity contribution in [3.63, 3.8) is 0 Å². The molecule has 5 nitrogen and oxygen atoms in total. The van der Waals surface area contributed by atoms with Gasteiger partial charge in [0.2, 0.25) is 0 Å². The highest BCUT2D eigenvalue weighted by Crippen LogP contribution is 2.01. The van der Waals surface area contributed by atoms with Gasteiger partial charge >= 0.3 is 5.97 Å². The van der Waals surface area contributed by atoms with Gasteiger partial charge in [-0.05, 0) is 20.8 Å². The highest BCUT2D eigenvalue weighted by atomic mass is 32.2. The number of rotatable bonds is 5. The largest absolute Gasteiger partial charge is 0.464 e. The van der Waals surface area contributed by atoms with Crippen LogP contribution in [0.3, 0.4) is 0 Å². The summed E-state index contributed by atoms with van der Waals surface area (Å²) in [5, 5.41) is 0. The Morgan fingerprint density at radius 3 is 2.31 bits per heavy atom. The summed E-state index contributed by atoms with van der Waals surface area (Å²) < 4.78 is 30.8. The van der Waals surface area contributed by atoms with Crippen molar-refractivity contribution in [3.8, 4) is 0 Å². The van der Waals surface area contributed by atoms with Crippen molar-refractivity contribution in [1.82, 2.24) is 0 Å². The van der Waals surface area contributed by atoms with Crippen molar-refractivity contribution in [1.29, 1.82) is 0 Å². The SMILES string of the molecule is CCOC(=O)[C@@H](C)OS(=O)(=O)CC. The maximum Gasteiger partial charge on any atom is 0.336 e. The average Bonchev–Trinajstić information content (AvgIpc) is 2.04. The molecule has 0 rings (SSSR count). The summed E-state index contributed by atoms with van der Waals surface area (Å²) in [6.45, 7) is 4.62. The standard InChI is InChI=1S/C7H14O5S/c1-4-11-7(8)6(3)12-13(9,10)5-2/h6H,4-5H2,1-3H3/t6-/m1/s1. The van der Waals surface area contributed by atoms with Gasteiger partial charge < -0.3 is 4.74 Å². The van der Waals surface area contributed by atoms with Crippen LogP contribution in [0, 0.1) is 0 Å². The molecule has 0 saturated heterocycles. The maximum atomic E-state index is 10.9.